The van der Waals surface area contributed by atoms with Gasteiger partial charge in [-0.3, -0.25) is 0 Å². The van der Waals surface area contributed by atoms with Crippen LogP contribution in [0.4, 0.5) is 26.3 Å². The molecule has 1 saturated carbocycles. The monoisotopic (exact) mass is 402 g/mol. The summed E-state index contributed by atoms with van der Waals surface area (Å²) in [5.74, 6) is -4.82. The molecule has 7 heteroatoms. The van der Waals surface area contributed by atoms with Crippen molar-refractivity contribution in [3.63, 3.8) is 0 Å². The minimum atomic E-state index is -2.91. The van der Waals surface area contributed by atoms with Crippen molar-refractivity contribution >= 4 is 0 Å². The van der Waals surface area contributed by atoms with Crippen LogP contribution in [0, 0.1) is 29.2 Å². The van der Waals surface area contributed by atoms with Crippen LogP contribution in [0.3, 0.4) is 0 Å². The van der Waals surface area contributed by atoms with Crippen molar-refractivity contribution in [3.8, 4) is 16.9 Å². The molecule has 0 radical (unpaired) electrons. The summed E-state index contributed by atoms with van der Waals surface area (Å²) >= 11 is 0. The zero-order valence-electron chi connectivity index (χ0n) is 15.3. The van der Waals surface area contributed by atoms with E-state index in [4.69, 9.17) is 0 Å². The Hall–Kier alpha value is -2.18. The predicted octanol–water partition coefficient (Wildman–Crippen LogP) is 6.85. The fraction of sp³-hybridized carbons (Fsp3) is 0.429. The summed E-state index contributed by atoms with van der Waals surface area (Å²) in [6.07, 6.45) is 0.708. The Morgan fingerprint density at radius 3 is 1.89 bits per heavy atom. The van der Waals surface area contributed by atoms with Gasteiger partial charge in [-0.05, 0) is 60.1 Å². The van der Waals surface area contributed by atoms with Crippen molar-refractivity contribution in [1.82, 2.24) is 0 Å². The number of halogens is 6. The smallest absolute Gasteiger partial charge is 0.272 e. The van der Waals surface area contributed by atoms with E-state index in [1.54, 1.807) is 0 Å². The Balaban J connectivity index is 1.91. The molecule has 0 amide bonds. The van der Waals surface area contributed by atoms with Gasteiger partial charge in [0, 0.05) is 0 Å². The van der Waals surface area contributed by atoms with Crippen molar-refractivity contribution in [2.75, 3.05) is 6.61 Å². The van der Waals surface area contributed by atoms with Gasteiger partial charge in [-0.25, -0.2) is 26.3 Å². The molecule has 0 aromatic heterocycles. The van der Waals surface area contributed by atoms with E-state index >= 15 is 0 Å². The van der Waals surface area contributed by atoms with Gasteiger partial charge in [-0.15, -0.1) is 0 Å². The maximum atomic E-state index is 14.6. The number of benzene rings is 2. The number of hydrogen-bond acceptors (Lipinski definition) is 1. The van der Waals surface area contributed by atoms with E-state index in [1.165, 1.54) is 12.1 Å². The zero-order chi connectivity index (χ0) is 20.4. The van der Waals surface area contributed by atoms with Gasteiger partial charge in [0.25, 0.3) is 6.43 Å². The molecule has 1 nitrogen and oxygen atoms in total. The van der Waals surface area contributed by atoms with Crippen LogP contribution >= 0.6 is 0 Å². The maximum absolute atomic E-state index is 14.6. The van der Waals surface area contributed by atoms with Gasteiger partial charge in [0.05, 0.1) is 5.56 Å². The Bertz CT molecular complexity index is 797. The van der Waals surface area contributed by atoms with Crippen molar-refractivity contribution < 1.29 is 31.1 Å². The third kappa shape index (κ3) is 4.45. The van der Waals surface area contributed by atoms with Gasteiger partial charge in [-0.2, -0.15) is 0 Å². The lowest BCUT2D eigenvalue weighted by Crippen LogP contribution is -2.11. The molecule has 1 fully saturated rings. The second-order valence-corrected chi connectivity index (χ2v) is 7.29. The summed E-state index contributed by atoms with van der Waals surface area (Å²) in [7, 11) is 0. The van der Waals surface area contributed by atoms with Crippen LogP contribution in [0.5, 0.6) is 5.75 Å². The van der Waals surface area contributed by atoms with E-state index in [-0.39, 0.29) is 11.5 Å². The van der Waals surface area contributed by atoms with Crippen LogP contribution in [-0.4, -0.2) is 13.0 Å². The molecule has 0 saturated heterocycles. The number of hydrogen-bond donors (Lipinski definition) is 0. The summed E-state index contributed by atoms with van der Waals surface area (Å²) in [4.78, 5) is 0. The lowest BCUT2D eigenvalue weighted by Gasteiger charge is -2.26. The first-order valence-corrected chi connectivity index (χ1v) is 9.15. The normalized spacial score (nSPS) is 19.9. The van der Waals surface area contributed by atoms with E-state index in [0.29, 0.717) is 23.6 Å². The Labute approximate surface area is 159 Å². The van der Waals surface area contributed by atoms with Crippen molar-refractivity contribution in [2.24, 2.45) is 5.92 Å². The molecule has 3 rings (SSSR count). The number of rotatable bonds is 5. The van der Waals surface area contributed by atoms with Gasteiger partial charge in [0.15, 0.2) is 17.4 Å². The van der Waals surface area contributed by atoms with Crippen LogP contribution in [0.25, 0.3) is 11.1 Å². The molecule has 2 aromatic rings. The van der Waals surface area contributed by atoms with Crippen molar-refractivity contribution in [2.45, 2.75) is 45.0 Å². The third-order valence-electron chi connectivity index (χ3n) is 5.19. The molecule has 0 N–H and O–H groups in total. The molecule has 28 heavy (non-hydrogen) atoms. The summed E-state index contributed by atoms with van der Waals surface area (Å²) in [6.45, 7) is 0.947. The highest BCUT2D eigenvalue weighted by molar-refractivity contribution is 5.66. The summed E-state index contributed by atoms with van der Waals surface area (Å²) < 4.78 is 86.1. The molecular weight excluding hydrogens is 382 g/mol. The standard InChI is InChI=1S/C21H20F6O/c1-11-2-4-12(5-3-11)13-6-15(22)20(16(23)7-13)14-8-17(24)21(18(25)9-14)28-10-19(26)27/h6-9,11-12,19H,2-5,10H2,1H3. The quantitative estimate of drug-likeness (QED) is 0.497. The largest absolute Gasteiger partial charge is 0.482 e. The summed E-state index contributed by atoms with van der Waals surface area (Å²) in [5.41, 5.74) is -0.396. The van der Waals surface area contributed by atoms with Gasteiger partial charge >= 0.3 is 0 Å². The maximum Gasteiger partial charge on any atom is 0.272 e. The molecule has 0 heterocycles. The van der Waals surface area contributed by atoms with Gasteiger partial charge in [0.1, 0.15) is 18.2 Å². The lowest BCUT2D eigenvalue weighted by atomic mass is 9.79. The molecule has 0 atom stereocenters. The van der Waals surface area contributed by atoms with Gasteiger partial charge < -0.3 is 4.74 Å². The number of alkyl halides is 2. The highest BCUT2D eigenvalue weighted by atomic mass is 19.3. The molecule has 152 valence electrons. The first-order valence-electron chi connectivity index (χ1n) is 9.15. The minimum Gasteiger partial charge on any atom is -0.482 e. The molecule has 1 aliphatic carbocycles. The average Bonchev–Trinajstić information content (AvgIpc) is 2.60. The van der Waals surface area contributed by atoms with Crippen molar-refractivity contribution in [3.05, 3.63) is 53.1 Å². The highest BCUT2D eigenvalue weighted by Crippen LogP contribution is 2.39. The van der Waals surface area contributed by atoms with Crippen LogP contribution in [-0.2, 0) is 0 Å². The molecule has 2 aromatic carbocycles. The Kier molecular flexibility index (Phi) is 6.20. The van der Waals surface area contributed by atoms with E-state index in [0.717, 1.165) is 25.7 Å². The first kappa shape index (κ1) is 20.6. The summed E-state index contributed by atoms with van der Waals surface area (Å²) in [6, 6.07) is 3.76. The van der Waals surface area contributed by atoms with Crippen molar-refractivity contribution in [1.29, 1.82) is 0 Å². The van der Waals surface area contributed by atoms with E-state index in [2.05, 4.69) is 11.7 Å². The van der Waals surface area contributed by atoms with E-state index < -0.39 is 47.6 Å². The fourth-order valence-electron chi connectivity index (χ4n) is 3.69. The van der Waals surface area contributed by atoms with Gasteiger partial charge in [0.2, 0.25) is 0 Å². The highest BCUT2D eigenvalue weighted by Gasteiger charge is 2.24. The number of ether oxygens (including phenoxy) is 1. The van der Waals surface area contributed by atoms with E-state index in [1.807, 2.05) is 0 Å². The topological polar surface area (TPSA) is 9.23 Å². The molecular formula is C21H20F6O. The molecule has 0 bridgehead atoms. The van der Waals surface area contributed by atoms with Crippen LogP contribution < -0.4 is 4.74 Å². The summed E-state index contributed by atoms with van der Waals surface area (Å²) in [5, 5.41) is 0. The molecule has 1 aliphatic rings. The second-order valence-electron chi connectivity index (χ2n) is 7.29. The van der Waals surface area contributed by atoms with Gasteiger partial charge in [-0.1, -0.05) is 19.8 Å². The lowest BCUT2D eigenvalue weighted by molar-refractivity contribution is 0.0777. The Morgan fingerprint density at radius 1 is 0.857 bits per heavy atom. The average molecular weight is 402 g/mol. The van der Waals surface area contributed by atoms with Crippen LogP contribution in [0.1, 0.15) is 44.1 Å². The first-order chi connectivity index (χ1) is 13.3. The second kappa shape index (κ2) is 8.45. The third-order valence-corrected chi connectivity index (χ3v) is 5.19. The predicted molar refractivity (Wildman–Crippen MR) is 93.6 cm³/mol. The van der Waals surface area contributed by atoms with Crippen LogP contribution in [0.2, 0.25) is 0 Å². The minimum absolute atomic E-state index is 0.0489. The molecule has 0 aliphatic heterocycles. The Morgan fingerprint density at radius 2 is 1.39 bits per heavy atom. The SMILES string of the molecule is CC1CCC(c2cc(F)c(-c3cc(F)c(OCC(F)F)c(F)c3)c(F)c2)CC1. The zero-order valence-corrected chi connectivity index (χ0v) is 15.3. The molecule has 0 spiro atoms. The van der Waals surface area contributed by atoms with E-state index in [9.17, 15) is 26.3 Å². The fourth-order valence-corrected chi connectivity index (χ4v) is 3.69. The molecule has 0 unspecified atom stereocenters. The van der Waals surface area contributed by atoms with Crippen LogP contribution in [0.15, 0.2) is 24.3 Å².